The second-order valence-corrected chi connectivity index (χ2v) is 6.45. The summed E-state index contributed by atoms with van der Waals surface area (Å²) < 4.78 is 47.8. The van der Waals surface area contributed by atoms with Gasteiger partial charge in [-0.25, -0.2) is 0 Å². The lowest BCUT2D eigenvalue weighted by molar-refractivity contribution is -0.145. The van der Waals surface area contributed by atoms with E-state index >= 15 is 0 Å². The van der Waals surface area contributed by atoms with Crippen molar-refractivity contribution in [3.05, 3.63) is 0 Å². The predicted octanol–water partition coefficient (Wildman–Crippen LogP) is 1.48. The smallest absolute Gasteiger partial charge is 0.305 e. The first-order valence-electron chi connectivity index (χ1n) is 11.6. The second-order valence-electron chi connectivity index (χ2n) is 6.45. The molecule has 0 saturated carbocycles. The molecule has 0 aromatic heterocycles. The Balaban J connectivity index is 3.03. The minimum Gasteiger partial charge on any atom is -0.463 e. The predicted molar refractivity (Wildman–Crippen MR) is 118 cm³/mol. The molecule has 192 valence electrons. The van der Waals surface area contributed by atoms with E-state index in [9.17, 15) is 4.79 Å². The van der Waals surface area contributed by atoms with Crippen molar-refractivity contribution in [2.45, 2.75) is 26.7 Å². The summed E-state index contributed by atoms with van der Waals surface area (Å²) in [5, 5.41) is 0. The van der Waals surface area contributed by atoms with E-state index in [-0.39, 0.29) is 12.6 Å². The van der Waals surface area contributed by atoms with Crippen LogP contribution in [0.1, 0.15) is 26.7 Å². The lowest BCUT2D eigenvalue weighted by Gasteiger charge is -2.08. The van der Waals surface area contributed by atoms with Gasteiger partial charge in [0.15, 0.2) is 0 Å². The molecule has 0 heterocycles. The Kier molecular flexibility index (Phi) is 27.4. The molecule has 10 heteroatoms. The van der Waals surface area contributed by atoms with Gasteiger partial charge in [0.05, 0.1) is 99.1 Å². The molecule has 0 aromatic carbocycles. The topological polar surface area (TPSA) is 100 Å². The minimum absolute atomic E-state index is 0.183. The molecule has 32 heavy (non-hydrogen) atoms. The zero-order chi connectivity index (χ0) is 23.4. The van der Waals surface area contributed by atoms with Crippen LogP contribution in [0.3, 0.4) is 0 Å². The fourth-order valence-electron chi connectivity index (χ4n) is 2.17. The summed E-state index contributed by atoms with van der Waals surface area (Å²) in [4.78, 5) is 11.1. The zero-order valence-corrected chi connectivity index (χ0v) is 20.0. The van der Waals surface area contributed by atoms with Gasteiger partial charge in [0.2, 0.25) is 0 Å². The summed E-state index contributed by atoms with van der Waals surface area (Å²) in [6, 6.07) is 0. The summed E-state index contributed by atoms with van der Waals surface area (Å²) in [6.45, 7) is 12.7. The highest BCUT2D eigenvalue weighted by molar-refractivity contribution is 5.69. The Hall–Kier alpha value is -0.850. The van der Waals surface area contributed by atoms with Crippen molar-refractivity contribution in [3.8, 4) is 0 Å². The average molecular weight is 469 g/mol. The van der Waals surface area contributed by atoms with Gasteiger partial charge in [-0.15, -0.1) is 0 Å². The van der Waals surface area contributed by atoms with E-state index in [0.717, 1.165) is 6.42 Å². The molecular formula is C22H44O10. The Labute approximate surface area is 193 Å². The lowest BCUT2D eigenvalue weighted by Crippen LogP contribution is -2.15. The first kappa shape index (κ1) is 31.1. The Morgan fingerprint density at radius 1 is 0.438 bits per heavy atom. The fourth-order valence-corrected chi connectivity index (χ4v) is 2.17. The maximum Gasteiger partial charge on any atom is 0.305 e. The number of carbonyl (C=O) groups excluding carboxylic acids is 1. The van der Waals surface area contributed by atoms with Crippen LogP contribution in [0, 0.1) is 0 Å². The van der Waals surface area contributed by atoms with E-state index in [2.05, 4.69) is 0 Å². The Morgan fingerprint density at radius 3 is 1.00 bits per heavy atom. The van der Waals surface area contributed by atoms with Crippen LogP contribution in [-0.4, -0.2) is 118 Å². The third-order valence-corrected chi connectivity index (χ3v) is 3.75. The molecule has 10 nitrogen and oxygen atoms in total. The third kappa shape index (κ3) is 27.2. The van der Waals surface area contributed by atoms with Gasteiger partial charge >= 0.3 is 5.97 Å². The largest absolute Gasteiger partial charge is 0.463 e. The van der Waals surface area contributed by atoms with Gasteiger partial charge in [-0.1, -0.05) is 6.92 Å². The lowest BCUT2D eigenvalue weighted by atomic mass is 10.3. The SMILES string of the molecule is CCCC(=O)OCCOCCOCCOCCOCCOCCOCCOCCOCC. The van der Waals surface area contributed by atoms with E-state index in [1.165, 1.54) is 0 Å². The van der Waals surface area contributed by atoms with Gasteiger partial charge in [0.25, 0.3) is 0 Å². The zero-order valence-electron chi connectivity index (χ0n) is 20.0. The number of hydrogen-bond donors (Lipinski definition) is 0. The maximum absolute atomic E-state index is 11.1. The average Bonchev–Trinajstić information content (AvgIpc) is 2.79. The van der Waals surface area contributed by atoms with Gasteiger partial charge in [-0.05, 0) is 13.3 Å². The normalized spacial score (nSPS) is 11.2. The Bertz CT molecular complexity index is 371. The summed E-state index contributed by atoms with van der Waals surface area (Å²) in [5.74, 6) is -0.183. The number of hydrogen-bond acceptors (Lipinski definition) is 10. The molecule has 0 rings (SSSR count). The molecule has 0 N–H and O–H groups in total. The number of rotatable bonds is 27. The van der Waals surface area contributed by atoms with Crippen LogP contribution in [0.15, 0.2) is 0 Å². The van der Waals surface area contributed by atoms with E-state index in [1.54, 1.807) is 0 Å². The van der Waals surface area contributed by atoms with Crippen molar-refractivity contribution in [3.63, 3.8) is 0 Å². The van der Waals surface area contributed by atoms with Crippen molar-refractivity contribution in [1.82, 2.24) is 0 Å². The van der Waals surface area contributed by atoms with E-state index in [1.807, 2.05) is 13.8 Å². The molecular weight excluding hydrogens is 424 g/mol. The fraction of sp³-hybridized carbons (Fsp3) is 0.955. The molecule has 0 spiro atoms. The van der Waals surface area contributed by atoms with Crippen LogP contribution in [-0.2, 0) is 47.4 Å². The molecule has 0 bridgehead atoms. The van der Waals surface area contributed by atoms with Crippen LogP contribution in [0.4, 0.5) is 0 Å². The number of esters is 1. The van der Waals surface area contributed by atoms with Crippen molar-refractivity contribution < 1.29 is 47.4 Å². The minimum atomic E-state index is -0.183. The standard InChI is InChI=1S/C22H44O10/c1-3-5-22(23)32-21-20-31-19-18-30-17-16-29-15-14-28-13-12-27-11-10-26-9-8-25-7-6-24-4-2/h3-21H2,1-2H3. The van der Waals surface area contributed by atoms with E-state index in [0.29, 0.717) is 112 Å². The second kappa shape index (κ2) is 28.2. The van der Waals surface area contributed by atoms with Crippen LogP contribution < -0.4 is 0 Å². The third-order valence-electron chi connectivity index (χ3n) is 3.75. The summed E-state index contributed by atoms with van der Waals surface area (Å²) in [7, 11) is 0. The molecule has 0 radical (unpaired) electrons. The van der Waals surface area contributed by atoms with Crippen molar-refractivity contribution >= 4 is 5.97 Å². The quantitative estimate of drug-likeness (QED) is 0.130. The molecule has 0 aliphatic heterocycles. The highest BCUT2D eigenvalue weighted by Crippen LogP contribution is 1.91. The summed E-state index contributed by atoms with van der Waals surface area (Å²) >= 11 is 0. The van der Waals surface area contributed by atoms with E-state index in [4.69, 9.17) is 42.6 Å². The van der Waals surface area contributed by atoms with Gasteiger partial charge < -0.3 is 42.6 Å². The molecule has 0 amide bonds. The van der Waals surface area contributed by atoms with Crippen molar-refractivity contribution in [2.75, 3.05) is 112 Å². The van der Waals surface area contributed by atoms with Gasteiger partial charge in [-0.3, -0.25) is 4.79 Å². The van der Waals surface area contributed by atoms with Gasteiger partial charge in [-0.2, -0.15) is 0 Å². The highest BCUT2D eigenvalue weighted by atomic mass is 16.6. The van der Waals surface area contributed by atoms with Crippen molar-refractivity contribution in [1.29, 1.82) is 0 Å². The monoisotopic (exact) mass is 468 g/mol. The number of ether oxygens (including phenoxy) is 9. The molecule has 0 unspecified atom stereocenters. The molecule has 0 aromatic rings. The van der Waals surface area contributed by atoms with Crippen LogP contribution >= 0.6 is 0 Å². The van der Waals surface area contributed by atoms with Gasteiger partial charge in [0, 0.05) is 13.0 Å². The maximum atomic E-state index is 11.1. The summed E-state index contributed by atoms with van der Waals surface area (Å²) in [6.07, 6.45) is 1.24. The van der Waals surface area contributed by atoms with E-state index < -0.39 is 0 Å². The molecule has 0 fully saturated rings. The van der Waals surface area contributed by atoms with Crippen LogP contribution in [0.25, 0.3) is 0 Å². The molecule has 0 aliphatic rings. The Morgan fingerprint density at radius 2 is 0.719 bits per heavy atom. The first-order chi connectivity index (χ1) is 15.8. The molecule has 0 saturated heterocycles. The van der Waals surface area contributed by atoms with Crippen molar-refractivity contribution in [2.24, 2.45) is 0 Å². The van der Waals surface area contributed by atoms with Crippen LogP contribution in [0.2, 0.25) is 0 Å². The number of carbonyl (C=O) groups is 1. The van der Waals surface area contributed by atoms with Gasteiger partial charge in [0.1, 0.15) is 6.61 Å². The highest BCUT2D eigenvalue weighted by Gasteiger charge is 1.99. The molecule has 0 aliphatic carbocycles. The first-order valence-corrected chi connectivity index (χ1v) is 11.6. The summed E-state index contributed by atoms with van der Waals surface area (Å²) in [5.41, 5.74) is 0. The molecule has 0 atom stereocenters. The van der Waals surface area contributed by atoms with Crippen LogP contribution in [0.5, 0.6) is 0 Å².